The van der Waals surface area contributed by atoms with Gasteiger partial charge in [0.1, 0.15) is 17.4 Å². The van der Waals surface area contributed by atoms with E-state index in [4.69, 9.17) is 4.42 Å². The van der Waals surface area contributed by atoms with Crippen molar-refractivity contribution in [3.63, 3.8) is 0 Å². The van der Waals surface area contributed by atoms with Gasteiger partial charge in [-0.1, -0.05) is 12.1 Å². The Morgan fingerprint density at radius 2 is 2.08 bits per heavy atom. The van der Waals surface area contributed by atoms with E-state index in [-0.39, 0.29) is 5.91 Å². The molecule has 1 aliphatic rings. The van der Waals surface area contributed by atoms with Crippen LogP contribution in [0.4, 0.5) is 5.82 Å². The third-order valence-electron chi connectivity index (χ3n) is 4.81. The molecule has 6 heteroatoms. The zero-order valence-electron chi connectivity index (χ0n) is 13.7. The van der Waals surface area contributed by atoms with Gasteiger partial charge in [0.25, 0.3) is 0 Å². The SMILES string of the molecule is CNC(=O)CC1CCN(c2ncnc3c2oc2ccccc23)CC1. The number of piperidine rings is 1. The minimum absolute atomic E-state index is 0.121. The number of hydrogen-bond donors (Lipinski definition) is 1. The summed E-state index contributed by atoms with van der Waals surface area (Å²) in [6.45, 7) is 1.76. The number of rotatable bonds is 3. The molecular formula is C18H20N4O2. The zero-order valence-corrected chi connectivity index (χ0v) is 13.7. The smallest absolute Gasteiger partial charge is 0.220 e. The summed E-state index contributed by atoms with van der Waals surface area (Å²) in [5.74, 6) is 1.42. The van der Waals surface area contributed by atoms with Crippen LogP contribution in [0.15, 0.2) is 35.0 Å². The molecule has 6 nitrogen and oxygen atoms in total. The average molecular weight is 324 g/mol. The van der Waals surface area contributed by atoms with Crippen LogP contribution >= 0.6 is 0 Å². The maximum absolute atomic E-state index is 11.5. The Morgan fingerprint density at radius 3 is 2.88 bits per heavy atom. The van der Waals surface area contributed by atoms with E-state index >= 15 is 0 Å². The van der Waals surface area contributed by atoms with Crippen molar-refractivity contribution in [1.82, 2.24) is 15.3 Å². The third kappa shape index (κ3) is 2.58. The van der Waals surface area contributed by atoms with E-state index in [9.17, 15) is 4.79 Å². The Labute approximate surface area is 139 Å². The standard InChI is InChI=1S/C18H20N4O2/c1-19-15(23)10-12-6-8-22(9-7-12)18-17-16(20-11-21-18)13-4-2-3-5-14(13)24-17/h2-5,11-12H,6-10H2,1H3,(H,19,23). The molecule has 0 radical (unpaired) electrons. The number of furan rings is 1. The lowest BCUT2D eigenvalue weighted by Crippen LogP contribution is -2.36. The van der Waals surface area contributed by atoms with Gasteiger partial charge in [-0.2, -0.15) is 0 Å². The molecule has 0 spiro atoms. The summed E-state index contributed by atoms with van der Waals surface area (Å²) >= 11 is 0. The highest BCUT2D eigenvalue weighted by Crippen LogP contribution is 2.33. The van der Waals surface area contributed by atoms with Gasteiger partial charge in [0.05, 0.1) is 0 Å². The molecule has 1 aromatic carbocycles. The van der Waals surface area contributed by atoms with Crippen molar-refractivity contribution in [3.8, 4) is 0 Å². The number of carbonyl (C=O) groups excluding carboxylic acids is 1. The molecule has 1 aliphatic heterocycles. The molecule has 4 rings (SSSR count). The fraction of sp³-hybridized carbons (Fsp3) is 0.389. The average Bonchev–Trinajstić information content (AvgIpc) is 3.01. The van der Waals surface area contributed by atoms with Crippen LogP contribution in [0.1, 0.15) is 19.3 Å². The number of amides is 1. The summed E-state index contributed by atoms with van der Waals surface area (Å²) < 4.78 is 6.01. The molecule has 0 atom stereocenters. The van der Waals surface area contributed by atoms with E-state index in [0.29, 0.717) is 12.3 Å². The molecule has 3 heterocycles. The molecule has 0 unspecified atom stereocenters. The number of anilines is 1. The normalized spacial score (nSPS) is 16.0. The Balaban J connectivity index is 1.60. The topological polar surface area (TPSA) is 71.3 Å². The number of para-hydroxylation sites is 1. The largest absolute Gasteiger partial charge is 0.450 e. The number of fused-ring (bicyclic) bond motifs is 3. The fourth-order valence-corrected chi connectivity index (χ4v) is 3.45. The van der Waals surface area contributed by atoms with E-state index < -0.39 is 0 Å². The minimum atomic E-state index is 0.121. The van der Waals surface area contributed by atoms with Gasteiger partial charge in [0.2, 0.25) is 5.91 Å². The predicted molar refractivity (Wildman–Crippen MR) is 92.9 cm³/mol. The maximum Gasteiger partial charge on any atom is 0.220 e. The highest BCUT2D eigenvalue weighted by atomic mass is 16.3. The summed E-state index contributed by atoms with van der Waals surface area (Å²) in [5, 5.41) is 3.73. The molecule has 124 valence electrons. The molecule has 3 aromatic rings. The quantitative estimate of drug-likeness (QED) is 0.802. The van der Waals surface area contributed by atoms with Crippen LogP contribution in [0.2, 0.25) is 0 Å². The van der Waals surface area contributed by atoms with E-state index in [2.05, 4.69) is 20.2 Å². The van der Waals surface area contributed by atoms with Gasteiger partial charge >= 0.3 is 0 Å². The second kappa shape index (κ2) is 6.11. The van der Waals surface area contributed by atoms with Gasteiger partial charge in [-0.3, -0.25) is 4.79 Å². The van der Waals surface area contributed by atoms with Crippen molar-refractivity contribution < 1.29 is 9.21 Å². The highest BCUT2D eigenvalue weighted by molar-refractivity contribution is 6.05. The number of benzene rings is 1. The van der Waals surface area contributed by atoms with E-state index in [0.717, 1.165) is 53.8 Å². The third-order valence-corrected chi connectivity index (χ3v) is 4.81. The molecule has 1 fully saturated rings. The maximum atomic E-state index is 11.5. The molecule has 24 heavy (non-hydrogen) atoms. The summed E-state index contributed by atoms with van der Waals surface area (Å²) in [6, 6.07) is 7.93. The Bertz CT molecular complexity index is 881. The van der Waals surface area contributed by atoms with Crippen molar-refractivity contribution in [2.24, 2.45) is 5.92 Å². The first-order valence-corrected chi connectivity index (χ1v) is 8.34. The van der Waals surface area contributed by atoms with Crippen molar-refractivity contribution in [3.05, 3.63) is 30.6 Å². The van der Waals surface area contributed by atoms with Gasteiger partial charge in [-0.05, 0) is 30.9 Å². The molecule has 2 aromatic heterocycles. The first kappa shape index (κ1) is 14.9. The van der Waals surface area contributed by atoms with E-state index in [1.807, 2.05) is 24.3 Å². The summed E-state index contributed by atoms with van der Waals surface area (Å²) in [6.07, 6.45) is 4.18. The summed E-state index contributed by atoms with van der Waals surface area (Å²) in [7, 11) is 1.69. The van der Waals surface area contributed by atoms with Crippen LogP contribution in [0.5, 0.6) is 0 Å². The monoisotopic (exact) mass is 324 g/mol. The van der Waals surface area contributed by atoms with Crippen molar-refractivity contribution in [1.29, 1.82) is 0 Å². The molecule has 1 amide bonds. The number of nitrogens with one attached hydrogen (secondary N) is 1. The van der Waals surface area contributed by atoms with Gasteiger partial charge in [-0.15, -0.1) is 0 Å². The fourth-order valence-electron chi connectivity index (χ4n) is 3.45. The number of nitrogens with zero attached hydrogens (tertiary/aromatic N) is 3. The second-order valence-corrected chi connectivity index (χ2v) is 6.28. The van der Waals surface area contributed by atoms with Crippen LogP contribution in [-0.2, 0) is 4.79 Å². The lowest BCUT2D eigenvalue weighted by molar-refractivity contribution is -0.121. The van der Waals surface area contributed by atoms with Crippen LogP contribution < -0.4 is 10.2 Å². The zero-order chi connectivity index (χ0) is 16.5. The Morgan fingerprint density at radius 1 is 1.29 bits per heavy atom. The van der Waals surface area contributed by atoms with Gasteiger partial charge < -0.3 is 14.6 Å². The highest BCUT2D eigenvalue weighted by Gasteiger charge is 2.24. The Kier molecular flexibility index (Phi) is 3.80. The lowest BCUT2D eigenvalue weighted by Gasteiger charge is -2.32. The van der Waals surface area contributed by atoms with Crippen molar-refractivity contribution in [2.75, 3.05) is 25.0 Å². The Hall–Kier alpha value is -2.63. The van der Waals surface area contributed by atoms with E-state index in [1.165, 1.54) is 0 Å². The first-order valence-electron chi connectivity index (χ1n) is 8.34. The molecule has 0 saturated carbocycles. The summed E-state index contributed by atoms with van der Waals surface area (Å²) in [4.78, 5) is 22.7. The van der Waals surface area contributed by atoms with Crippen LogP contribution in [0.25, 0.3) is 22.1 Å². The van der Waals surface area contributed by atoms with Crippen molar-refractivity contribution in [2.45, 2.75) is 19.3 Å². The van der Waals surface area contributed by atoms with Crippen LogP contribution in [-0.4, -0.2) is 36.0 Å². The van der Waals surface area contributed by atoms with Crippen LogP contribution in [0.3, 0.4) is 0 Å². The number of hydrogen-bond acceptors (Lipinski definition) is 5. The van der Waals surface area contributed by atoms with Gasteiger partial charge in [0.15, 0.2) is 11.4 Å². The lowest BCUT2D eigenvalue weighted by atomic mass is 9.93. The number of carbonyl (C=O) groups is 1. The summed E-state index contributed by atoms with van der Waals surface area (Å²) in [5.41, 5.74) is 2.45. The molecular weight excluding hydrogens is 304 g/mol. The second-order valence-electron chi connectivity index (χ2n) is 6.28. The van der Waals surface area contributed by atoms with Crippen LogP contribution in [0, 0.1) is 5.92 Å². The van der Waals surface area contributed by atoms with Crippen molar-refractivity contribution >= 4 is 33.8 Å². The van der Waals surface area contributed by atoms with Gasteiger partial charge in [0, 0.05) is 31.9 Å². The molecule has 1 saturated heterocycles. The first-order chi connectivity index (χ1) is 11.8. The number of aromatic nitrogens is 2. The minimum Gasteiger partial charge on any atom is -0.450 e. The van der Waals surface area contributed by atoms with E-state index in [1.54, 1.807) is 13.4 Å². The molecule has 1 N–H and O–H groups in total. The molecule has 0 aliphatic carbocycles. The predicted octanol–water partition coefficient (Wildman–Crippen LogP) is 2.73. The molecule has 0 bridgehead atoms. The van der Waals surface area contributed by atoms with Gasteiger partial charge in [-0.25, -0.2) is 9.97 Å².